The molecular weight excluding hydrogens is 1180 g/mol. The monoisotopic (exact) mass is 1270 g/mol. The number of ether oxygens (including phenoxy) is 17. The van der Waals surface area contributed by atoms with Crippen molar-refractivity contribution in [1.29, 1.82) is 0 Å². The van der Waals surface area contributed by atoms with Crippen LogP contribution in [0.2, 0.25) is 0 Å². The molecule has 496 valence electrons. The predicted molar refractivity (Wildman–Crippen MR) is 291 cm³/mol. The molecule has 4 saturated carbocycles. The van der Waals surface area contributed by atoms with E-state index in [4.69, 9.17) is 80.5 Å². The molecule has 2 bridgehead atoms. The van der Waals surface area contributed by atoms with Crippen molar-refractivity contribution in [1.82, 2.24) is 0 Å². The molecule has 0 N–H and O–H groups in total. The number of fused-ring (bicyclic) bond motifs is 3. The van der Waals surface area contributed by atoms with Crippen LogP contribution in [-0.4, -0.2) is 189 Å². The summed E-state index contributed by atoms with van der Waals surface area (Å²) in [7, 11) is 0. The molecule has 0 aromatic heterocycles. The number of esters is 12. The van der Waals surface area contributed by atoms with Crippen LogP contribution >= 0.6 is 0 Å². The molecule has 4 aliphatic carbocycles. The Bertz CT molecular complexity index is 2760. The fourth-order valence-electron chi connectivity index (χ4n) is 15.1. The molecule has 21 atom stereocenters. The van der Waals surface area contributed by atoms with Crippen molar-refractivity contribution in [2.24, 2.45) is 28.1 Å². The van der Waals surface area contributed by atoms with Gasteiger partial charge in [0.2, 0.25) is 12.4 Å². The molecule has 3 heterocycles. The van der Waals surface area contributed by atoms with E-state index in [1.54, 1.807) is 0 Å². The summed E-state index contributed by atoms with van der Waals surface area (Å²) in [5.74, 6) is -10.6. The third-order valence-corrected chi connectivity index (χ3v) is 18.0. The van der Waals surface area contributed by atoms with Gasteiger partial charge in [-0.3, -0.25) is 57.5 Å². The highest BCUT2D eigenvalue weighted by Crippen LogP contribution is 2.74. The summed E-state index contributed by atoms with van der Waals surface area (Å²) in [6.07, 6.45) is -20.5. The summed E-state index contributed by atoms with van der Waals surface area (Å²) in [6.45, 7) is 18.6. The van der Waals surface area contributed by atoms with E-state index < -0.39 is 205 Å². The number of hydrogen-bond acceptors (Lipinski definition) is 29. The Balaban J connectivity index is 1.24. The van der Waals surface area contributed by atoms with Crippen LogP contribution in [0.15, 0.2) is 12.2 Å². The second-order valence-corrected chi connectivity index (χ2v) is 24.5. The Morgan fingerprint density at radius 2 is 0.787 bits per heavy atom. The Morgan fingerprint density at radius 1 is 0.416 bits per heavy atom. The topological polar surface area (TPSA) is 362 Å². The standard InChI is InChI=1S/C60H82O29/c1-27-22-59-20-16-42-57(13,18-15-19-58(42,14)56(72)88-54-51(83-38(12)71)48(80-35(9)68)45(77-32(6)65)40(85-54)24-74-29(3)62)43(59)17-21-60(27,26-59)89-55-52(49(81-36(10)69)46(78-33(7)66)41(86-55)25-75-30(4)63)87-53-50(82-37(11)70)47(79-34(8)67)44(76-31(5)64)39(84-53)23-73-28(2)61/h39-55H,1,15-26H2,2-14H3. The summed E-state index contributed by atoms with van der Waals surface area (Å²) in [6, 6.07) is 0. The van der Waals surface area contributed by atoms with Crippen molar-refractivity contribution >= 4 is 71.6 Å². The van der Waals surface area contributed by atoms with Crippen LogP contribution in [0.4, 0.5) is 0 Å². The molecule has 29 nitrogen and oxygen atoms in total. The third-order valence-electron chi connectivity index (χ3n) is 18.0. The minimum atomic E-state index is -1.92. The second-order valence-electron chi connectivity index (χ2n) is 24.5. The van der Waals surface area contributed by atoms with Crippen LogP contribution < -0.4 is 0 Å². The fraction of sp³-hybridized carbons (Fsp3) is 0.767. The summed E-state index contributed by atoms with van der Waals surface area (Å²) < 4.78 is 101. The van der Waals surface area contributed by atoms with Gasteiger partial charge in [-0.2, -0.15) is 0 Å². The first-order valence-electron chi connectivity index (χ1n) is 29.6. The van der Waals surface area contributed by atoms with Gasteiger partial charge in [0.1, 0.15) is 38.1 Å². The number of rotatable bonds is 20. The molecule has 89 heavy (non-hydrogen) atoms. The highest BCUT2D eigenvalue weighted by atomic mass is 16.8. The van der Waals surface area contributed by atoms with E-state index >= 15 is 4.79 Å². The van der Waals surface area contributed by atoms with Crippen LogP contribution in [0, 0.1) is 28.1 Å². The van der Waals surface area contributed by atoms with Crippen molar-refractivity contribution in [3.63, 3.8) is 0 Å². The molecule has 0 amide bonds. The zero-order valence-corrected chi connectivity index (χ0v) is 52.3. The minimum Gasteiger partial charge on any atom is -0.463 e. The van der Waals surface area contributed by atoms with Crippen LogP contribution in [0.3, 0.4) is 0 Å². The van der Waals surface area contributed by atoms with Crippen molar-refractivity contribution in [3.05, 3.63) is 12.2 Å². The first-order chi connectivity index (χ1) is 41.6. The van der Waals surface area contributed by atoms with Gasteiger partial charge in [-0.15, -0.1) is 0 Å². The molecule has 0 aromatic carbocycles. The minimum absolute atomic E-state index is 0.0985. The highest BCUT2D eigenvalue weighted by molar-refractivity contribution is 5.78. The van der Waals surface area contributed by atoms with Crippen LogP contribution in [-0.2, 0) is 138 Å². The Kier molecular flexibility index (Phi) is 22.0. The maximum atomic E-state index is 15.2. The summed E-state index contributed by atoms with van der Waals surface area (Å²) in [5.41, 5.74) is -2.95. The maximum Gasteiger partial charge on any atom is 0.314 e. The second kappa shape index (κ2) is 28.1. The normalized spacial score (nSPS) is 37.8. The Labute approximate surface area is 513 Å². The van der Waals surface area contributed by atoms with Gasteiger partial charge in [0.25, 0.3) is 0 Å². The third kappa shape index (κ3) is 15.7. The van der Waals surface area contributed by atoms with E-state index in [1.807, 2.05) is 6.92 Å². The lowest BCUT2D eigenvalue weighted by atomic mass is 9.41. The van der Waals surface area contributed by atoms with Gasteiger partial charge >= 0.3 is 71.6 Å². The van der Waals surface area contributed by atoms with Crippen LogP contribution in [0.5, 0.6) is 0 Å². The molecule has 0 radical (unpaired) electrons. The molecule has 29 heteroatoms. The van der Waals surface area contributed by atoms with Gasteiger partial charge in [0, 0.05) is 76.2 Å². The SMILES string of the molecule is C=C1CC23CCC4C(C)(C(=O)OC5OC(COC(C)=O)C(OC(C)=O)C(OC(C)=O)C5OC(C)=O)CCCC4(C)C2CCC1(OC1OC(COC(C)=O)C(OC(C)=O)C(OC(C)=O)C1OC1OC(COC(C)=O)C(OC(C)=O)C(OC(C)=O)C1OC(C)=O)C3. The van der Waals surface area contributed by atoms with Gasteiger partial charge in [-0.1, -0.05) is 19.9 Å². The average molecular weight is 1270 g/mol. The van der Waals surface area contributed by atoms with Gasteiger partial charge < -0.3 is 80.5 Å². The van der Waals surface area contributed by atoms with Crippen molar-refractivity contribution in [2.75, 3.05) is 19.8 Å². The predicted octanol–water partition coefficient (Wildman–Crippen LogP) is 3.34. The zero-order valence-electron chi connectivity index (χ0n) is 52.3. The molecule has 7 rings (SSSR count). The molecule has 0 aromatic rings. The van der Waals surface area contributed by atoms with Crippen molar-refractivity contribution < 1.29 is 138 Å². The number of carbonyl (C=O) groups excluding carboxylic acids is 12. The number of carbonyl (C=O) groups is 12. The van der Waals surface area contributed by atoms with E-state index in [1.165, 1.54) is 0 Å². The Morgan fingerprint density at radius 3 is 1.21 bits per heavy atom. The van der Waals surface area contributed by atoms with Crippen molar-refractivity contribution in [2.45, 2.75) is 246 Å². The quantitative estimate of drug-likeness (QED) is 0.0730. The first kappa shape index (κ1) is 69.7. The van der Waals surface area contributed by atoms with E-state index in [0.717, 1.165) is 76.2 Å². The fourth-order valence-corrected chi connectivity index (χ4v) is 15.1. The van der Waals surface area contributed by atoms with Crippen molar-refractivity contribution in [3.8, 4) is 0 Å². The van der Waals surface area contributed by atoms with Crippen LogP contribution in [0.25, 0.3) is 0 Å². The smallest absolute Gasteiger partial charge is 0.314 e. The first-order valence-corrected chi connectivity index (χ1v) is 29.6. The largest absolute Gasteiger partial charge is 0.463 e. The maximum absolute atomic E-state index is 15.2. The van der Waals surface area contributed by atoms with Gasteiger partial charge in [0.05, 0.1) is 11.0 Å². The molecule has 7 aliphatic rings. The van der Waals surface area contributed by atoms with Gasteiger partial charge in [-0.25, -0.2) is 0 Å². The summed E-state index contributed by atoms with van der Waals surface area (Å²) >= 11 is 0. The van der Waals surface area contributed by atoms with E-state index in [2.05, 4.69) is 13.5 Å². The summed E-state index contributed by atoms with van der Waals surface area (Å²) in [5, 5.41) is 0. The zero-order chi connectivity index (χ0) is 65.8. The highest BCUT2D eigenvalue weighted by Gasteiger charge is 2.70. The van der Waals surface area contributed by atoms with E-state index in [0.29, 0.717) is 56.9 Å². The van der Waals surface area contributed by atoms with E-state index in [-0.39, 0.29) is 18.3 Å². The van der Waals surface area contributed by atoms with E-state index in [9.17, 15) is 52.7 Å². The van der Waals surface area contributed by atoms with Crippen LogP contribution in [0.1, 0.15) is 148 Å². The number of hydrogen-bond donors (Lipinski definition) is 0. The molecule has 7 fully saturated rings. The molecule has 3 aliphatic heterocycles. The average Bonchev–Trinajstić information content (AvgIpc) is 1.64. The molecular formula is C60H82O29. The molecule has 1 spiro atoms. The van der Waals surface area contributed by atoms with Gasteiger partial charge in [-0.05, 0) is 86.5 Å². The lowest BCUT2D eigenvalue weighted by Crippen LogP contribution is -2.68. The summed E-state index contributed by atoms with van der Waals surface area (Å²) in [4.78, 5) is 154. The lowest BCUT2D eigenvalue weighted by Gasteiger charge is -2.64. The molecule has 21 unspecified atom stereocenters. The molecule has 3 saturated heterocycles. The van der Waals surface area contributed by atoms with Gasteiger partial charge in [0.15, 0.2) is 61.4 Å². The lowest BCUT2D eigenvalue weighted by molar-refractivity contribution is -0.379. The Hall–Kier alpha value is -6.82.